The van der Waals surface area contributed by atoms with Crippen LogP contribution < -0.4 is 0 Å². The molecule has 1 aliphatic rings. The van der Waals surface area contributed by atoms with E-state index in [0.717, 1.165) is 0 Å². The van der Waals surface area contributed by atoms with Crippen molar-refractivity contribution < 1.29 is 0 Å². The molecule has 0 saturated heterocycles. The molecule has 0 atom stereocenters. The Morgan fingerprint density at radius 2 is 1.78 bits per heavy atom. The Morgan fingerprint density at radius 1 is 1.11 bits per heavy atom. The van der Waals surface area contributed by atoms with E-state index in [1.807, 2.05) is 6.08 Å². The van der Waals surface area contributed by atoms with Crippen LogP contribution in [0.1, 0.15) is 32.1 Å². The molecule has 0 N–H and O–H groups in total. The number of allylic oxidation sites excluding steroid dienone is 3. The van der Waals surface area contributed by atoms with Gasteiger partial charge in [0, 0.05) is 0 Å². The third-order valence-electron chi connectivity index (χ3n) is 1.85. The lowest BCUT2D eigenvalue weighted by Crippen LogP contribution is -1.92. The van der Waals surface area contributed by atoms with Crippen molar-refractivity contribution in [3.05, 3.63) is 24.3 Å². The van der Waals surface area contributed by atoms with E-state index in [1.165, 1.54) is 32.1 Å². The van der Waals surface area contributed by atoms with Gasteiger partial charge in [-0.1, -0.05) is 30.7 Å². The van der Waals surface area contributed by atoms with Gasteiger partial charge in [-0.2, -0.15) is 0 Å². The first-order valence-corrected chi connectivity index (χ1v) is 3.74. The van der Waals surface area contributed by atoms with Gasteiger partial charge in [0.05, 0.1) is 0 Å². The molecule has 1 rings (SSSR count). The van der Waals surface area contributed by atoms with Crippen LogP contribution in [0, 0.1) is 0 Å². The van der Waals surface area contributed by atoms with E-state index in [0.29, 0.717) is 0 Å². The average molecular weight is 122 g/mol. The largest absolute Gasteiger partial charge is 0.0991 e. The second-order valence-electron chi connectivity index (χ2n) is 2.62. The van der Waals surface area contributed by atoms with Gasteiger partial charge < -0.3 is 0 Å². The van der Waals surface area contributed by atoms with Crippen LogP contribution in [0.4, 0.5) is 0 Å². The first-order valence-electron chi connectivity index (χ1n) is 3.74. The molecule has 0 spiro atoms. The maximum absolute atomic E-state index is 3.68. The van der Waals surface area contributed by atoms with Crippen molar-refractivity contribution in [2.75, 3.05) is 0 Å². The van der Waals surface area contributed by atoms with Crippen LogP contribution in [0.3, 0.4) is 0 Å². The Labute approximate surface area is 57.3 Å². The van der Waals surface area contributed by atoms with Crippen molar-refractivity contribution in [3.63, 3.8) is 0 Å². The molecule has 0 heteroatoms. The summed E-state index contributed by atoms with van der Waals surface area (Å²) in [4.78, 5) is 0. The standard InChI is InChI=1S/C9H14/c1-2-6-9-7-4-3-5-8-9/h2,6H,1,3-5,7-8H2. The van der Waals surface area contributed by atoms with Crippen LogP contribution in [-0.2, 0) is 0 Å². The summed E-state index contributed by atoms with van der Waals surface area (Å²) in [7, 11) is 0. The summed E-state index contributed by atoms with van der Waals surface area (Å²) < 4.78 is 0. The molecule has 0 aliphatic heterocycles. The number of hydrogen-bond acceptors (Lipinski definition) is 0. The van der Waals surface area contributed by atoms with Crippen molar-refractivity contribution in [1.82, 2.24) is 0 Å². The predicted octanol–water partition coefficient (Wildman–Crippen LogP) is 3.06. The lowest BCUT2D eigenvalue weighted by atomic mass is 9.95. The smallest absolute Gasteiger partial charge is 0.0317 e. The van der Waals surface area contributed by atoms with Gasteiger partial charge in [-0.25, -0.2) is 0 Å². The van der Waals surface area contributed by atoms with Crippen LogP contribution in [0.5, 0.6) is 0 Å². The maximum atomic E-state index is 3.68. The second-order valence-corrected chi connectivity index (χ2v) is 2.62. The van der Waals surface area contributed by atoms with Crippen LogP contribution in [-0.4, -0.2) is 0 Å². The normalized spacial score (nSPS) is 19.3. The van der Waals surface area contributed by atoms with Crippen LogP contribution in [0.25, 0.3) is 0 Å². The molecule has 1 saturated carbocycles. The fourth-order valence-electron chi connectivity index (χ4n) is 1.34. The molecule has 0 bridgehead atoms. The first kappa shape index (κ1) is 6.60. The maximum Gasteiger partial charge on any atom is -0.0317 e. The van der Waals surface area contributed by atoms with Gasteiger partial charge in [-0.3, -0.25) is 0 Å². The summed E-state index contributed by atoms with van der Waals surface area (Å²) in [5, 5.41) is 0. The Morgan fingerprint density at radius 3 is 2.33 bits per heavy atom. The molecule has 0 unspecified atom stereocenters. The highest BCUT2D eigenvalue weighted by molar-refractivity contribution is 5.11. The van der Waals surface area contributed by atoms with Crippen molar-refractivity contribution in [2.24, 2.45) is 0 Å². The fourth-order valence-corrected chi connectivity index (χ4v) is 1.34. The molecule has 9 heavy (non-hydrogen) atoms. The van der Waals surface area contributed by atoms with E-state index in [9.17, 15) is 0 Å². The van der Waals surface area contributed by atoms with Gasteiger partial charge in [-0.05, 0) is 25.7 Å². The lowest BCUT2D eigenvalue weighted by molar-refractivity contribution is 0.599. The molecule has 0 aromatic carbocycles. The van der Waals surface area contributed by atoms with E-state index < -0.39 is 0 Å². The van der Waals surface area contributed by atoms with Gasteiger partial charge in [-0.15, -0.1) is 0 Å². The Balaban J connectivity index is 2.39. The van der Waals surface area contributed by atoms with E-state index in [-0.39, 0.29) is 0 Å². The highest BCUT2D eigenvalue weighted by Gasteiger charge is 2.02. The van der Waals surface area contributed by atoms with E-state index in [4.69, 9.17) is 0 Å². The molecule has 0 radical (unpaired) electrons. The van der Waals surface area contributed by atoms with Gasteiger partial charge in [0.1, 0.15) is 0 Å². The molecule has 0 heterocycles. The van der Waals surface area contributed by atoms with Crippen molar-refractivity contribution in [3.8, 4) is 0 Å². The molecule has 0 amide bonds. The number of rotatable bonds is 1. The predicted molar refractivity (Wildman–Crippen MR) is 41.4 cm³/mol. The Kier molecular flexibility index (Phi) is 2.56. The molecular weight excluding hydrogens is 108 g/mol. The topological polar surface area (TPSA) is 0 Å². The molecule has 50 valence electrons. The Hall–Kier alpha value is -0.520. The summed E-state index contributed by atoms with van der Waals surface area (Å²) in [6.07, 6.45) is 10.9. The summed E-state index contributed by atoms with van der Waals surface area (Å²) in [5.74, 6) is 0. The van der Waals surface area contributed by atoms with Crippen molar-refractivity contribution in [2.45, 2.75) is 32.1 Å². The molecule has 1 fully saturated rings. The van der Waals surface area contributed by atoms with E-state index in [1.54, 1.807) is 5.57 Å². The van der Waals surface area contributed by atoms with Crippen molar-refractivity contribution >= 4 is 0 Å². The monoisotopic (exact) mass is 122 g/mol. The zero-order chi connectivity index (χ0) is 6.53. The van der Waals surface area contributed by atoms with E-state index in [2.05, 4.69) is 12.7 Å². The quantitative estimate of drug-likeness (QED) is 0.501. The van der Waals surface area contributed by atoms with Crippen molar-refractivity contribution in [1.29, 1.82) is 0 Å². The Bertz CT molecular complexity index is 112. The minimum Gasteiger partial charge on any atom is -0.0991 e. The minimum absolute atomic E-state index is 1.31. The van der Waals surface area contributed by atoms with Gasteiger partial charge in [0.25, 0.3) is 0 Å². The van der Waals surface area contributed by atoms with Crippen LogP contribution in [0.15, 0.2) is 24.3 Å². The second kappa shape index (κ2) is 3.49. The minimum atomic E-state index is 1.31. The highest BCUT2D eigenvalue weighted by atomic mass is 14.1. The van der Waals surface area contributed by atoms with E-state index >= 15 is 0 Å². The van der Waals surface area contributed by atoms with Crippen LogP contribution in [0.2, 0.25) is 0 Å². The first-order chi connectivity index (χ1) is 4.43. The molecule has 0 nitrogen and oxygen atoms in total. The third-order valence-corrected chi connectivity index (χ3v) is 1.85. The summed E-state index contributed by atoms with van der Waals surface area (Å²) in [6.45, 7) is 3.68. The number of hydrogen-bond donors (Lipinski definition) is 0. The lowest BCUT2D eigenvalue weighted by Gasteiger charge is -2.11. The molecule has 0 aromatic heterocycles. The summed E-state index contributed by atoms with van der Waals surface area (Å²) >= 11 is 0. The van der Waals surface area contributed by atoms with Gasteiger partial charge in [0.2, 0.25) is 0 Å². The van der Waals surface area contributed by atoms with Crippen LogP contribution >= 0.6 is 0 Å². The molecule has 0 aromatic rings. The SMILES string of the molecule is C=CC=C1CCCCC1. The summed E-state index contributed by atoms with van der Waals surface area (Å²) in [6, 6.07) is 0. The van der Waals surface area contributed by atoms with Gasteiger partial charge >= 0.3 is 0 Å². The fraction of sp³-hybridized carbons (Fsp3) is 0.556. The molecular formula is C9H14. The van der Waals surface area contributed by atoms with Gasteiger partial charge in [0.15, 0.2) is 0 Å². The summed E-state index contributed by atoms with van der Waals surface area (Å²) in [5.41, 5.74) is 1.59. The highest BCUT2D eigenvalue weighted by Crippen LogP contribution is 2.22. The average Bonchev–Trinajstić information content (AvgIpc) is 1.91. The zero-order valence-electron chi connectivity index (χ0n) is 5.90. The zero-order valence-corrected chi connectivity index (χ0v) is 5.90. The molecule has 1 aliphatic carbocycles. The third kappa shape index (κ3) is 2.05.